The van der Waals surface area contributed by atoms with Crippen LogP contribution in [0.3, 0.4) is 0 Å². The first-order valence-corrected chi connectivity index (χ1v) is 9.50. The van der Waals surface area contributed by atoms with Crippen molar-refractivity contribution in [3.8, 4) is 16.9 Å². The smallest absolute Gasteiger partial charge is 0.126 e. The number of nitrogens with zero attached hydrogens (tertiary/aromatic N) is 1. The lowest BCUT2D eigenvalue weighted by Crippen LogP contribution is -2.32. The number of ether oxygens (including phenoxy) is 1. The summed E-state index contributed by atoms with van der Waals surface area (Å²) in [5, 5.41) is 3.65. The number of anilines is 1. The number of likely N-dealkylation sites (N-methyl/N-ethyl adjacent to an activating group) is 1. The average Bonchev–Trinajstić information content (AvgIpc) is 2.65. The van der Waals surface area contributed by atoms with Crippen LogP contribution < -0.4 is 10.1 Å². The summed E-state index contributed by atoms with van der Waals surface area (Å²) in [6.45, 7) is 10.2. The van der Waals surface area contributed by atoms with Crippen LogP contribution in [0.15, 0.2) is 61.2 Å². The van der Waals surface area contributed by atoms with Crippen molar-refractivity contribution in [2.45, 2.75) is 25.8 Å². The highest BCUT2D eigenvalue weighted by Crippen LogP contribution is 2.39. The molecule has 142 valence electrons. The van der Waals surface area contributed by atoms with Gasteiger partial charge in [-0.2, -0.15) is 0 Å². The van der Waals surface area contributed by atoms with E-state index in [1.807, 2.05) is 18.2 Å². The van der Waals surface area contributed by atoms with Gasteiger partial charge in [0.25, 0.3) is 0 Å². The molecule has 1 heterocycles. The Bertz CT molecular complexity index is 851. The molecule has 2 aromatic rings. The summed E-state index contributed by atoms with van der Waals surface area (Å²) in [7, 11) is 3.86. The summed E-state index contributed by atoms with van der Waals surface area (Å²) >= 11 is 0. The minimum atomic E-state index is -0.0503. The van der Waals surface area contributed by atoms with Gasteiger partial charge in [-0.15, -0.1) is 6.58 Å². The van der Waals surface area contributed by atoms with E-state index < -0.39 is 0 Å². The van der Waals surface area contributed by atoms with Gasteiger partial charge in [0.1, 0.15) is 5.75 Å². The standard InChI is InChI=1S/C24H30N2O/c1-6-14-26(4)15-13-19-17-24(2,3)25-22-12-11-18(16-21(19)22)20-9-7-8-10-23(20)27-5/h6-12,16-17,25H,1,13-15H2,2-5H3. The normalized spacial score (nSPS) is 14.9. The van der Waals surface area contributed by atoms with Crippen LogP contribution in [0.4, 0.5) is 5.69 Å². The monoisotopic (exact) mass is 362 g/mol. The van der Waals surface area contributed by atoms with Gasteiger partial charge in [-0.25, -0.2) is 0 Å². The molecule has 1 N–H and O–H groups in total. The summed E-state index contributed by atoms with van der Waals surface area (Å²) in [6.07, 6.45) is 5.33. The molecule has 1 aliphatic rings. The number of nitrogens with one attached hydrogen (secondary N) is 1. The Morgan fingerprint density at radius 3 is 2.67 bits per heavy atom. The van der Waals surface area contributed by atoms with Crippen LogP contribution in [0.2, 0.25) is 0 Å². The van der Waals surface area contributed by atoms with Crippen molar-refractivity contribution in [3.05, 3.63) is 66.8 Å². The fourth-order valence-electron chi connectivity index (χ4n) is 3.70. The van der Waals surface area contributed by atoms with Gasteiger partial charge in [-0.1, -0.05) is 36.4 Å². The molecule has 3 nitrogen and oxygen atoms in total. The number of fused-ring (bicyclic) bond motifs is 1. The molecule has 0 aliphatic carbocycles. The van der Waals surface area contributed by atoms with Crippen LogP contribution in [0, 0.1) is 0 Å². The van der Waals surface area contributed by atoms with E-state index in [0.29, 0.717) is 0 Å². The van der Waals surface area contributed by atoms with Crippen molar-refractivity contribution in [2.24, 2.45) is 0 Å². The van der Waals surface area contributed by atoms with E-state index in [0.717, 1.165) is 30.8 Å². The van der Waals surface area contributed by atoms with Crippen LogP contribution in [0.5, 0.6) is 5.75 Å². The highest BCUT2D eigenvalue weighted by molar-refractivity contribution is 5.85. The number of rotatable bonds is 7. The lowest BCUT2D eigenvalue weighted by atomic mass is 9.87. The zero-order valence-corrected chi connectivity index (χ0v) is 16.9. The number of methoxy groups -OCH3 is 1. The zero-order valence-electron chi connectivity index (χ0n) is 16.9. The van der Waals surface area contributed by atoms with E-state index in [1.54, 1.807) is 7.11 Å². The number of benzene rings is 2. The van der Waals surface area contributed by atoms with Gasteiger partial charge in [0.15, 0.2) is 0 Å². The second-order valence-corrected chi connectivity index (χ2v) is 7.78. The number of hydrogen-bond donors (Lipinski definition) is 1. The van der Waals surface area contributed by atoms with Crippen LogP contribution in [0.1, 0.15) is 25.8 Å². The van der Waals surface area contributed by atoms with Crippen molar-refractivity contribution in [1.82, 2.24) is 4.90 Å². The third-order valence-corrected chi connectivity index (χ3v) is 4.98. The fourth-order valence-corrected chi connectivity index (χ4v) is 3.70. The molecule has 0 atom stereocenters. The summed E-state index contributed by atoms with van der Waals surface area (Å²) in [5.41, 5.74) is 6.12. The Morgan fingerprint density at radius 1 is 1.15 bits per heavy atom. The van der Waals surface area contributed by atoms with Crippen LogP contribution in [-0.2, 0) is 0 Å². The van der Waals surface area contributed by atoms with Gasteiger partial charge >= 0.3 is 0 Å². The maximum Gasteiger partial charge on any atom is 0.126 e. The minimum absolute atomic E-state index is 0.0503. The van der Waals surface area contributed by atoms with Crippen molar-refractivity contribution < 1.29 is 4.74 Å². The molecule has 3 heteroatoms. The third-order valence-electron chi connectivity index (χ3n) is 4.98. The molecule has 2 aromatic carbocycles. The van der Waals surface area contributed by atoms with E-state index in [4.69, 9.17) is 4.74 Å². The Hall–Kier alpha value is -2.52. The van der Waals surface area contributed by atoms with Crippen molar-refractivity contribution in [1.29, 1.82) is 0 Å². The predicted octanol–water partition coefficient (Wildman–Crippen LogP) is 5.46. The lowest BCUT2D eigenvalue weighted by Gasteiger charge is -2.33. The average molecular weight is 363 g/mol. The second-order valence-electron chi connectivity index (χ2n) is 7.78. The van der Waals surface area contributed by atoms with Crippen LogP contribution >= 0.6 is 0 Å². The SMILES string of the molecule is C=CCN(C)CCC1=CC(C)(C)Nc2ccc(-c3ccccc3OC)cc21. The van der Waals surface area contributed by atoms with Gasteiger partial charge < -0.3 is 15.0 Å². The van der Waals surface area contributed by atoms with Gasteiger partial charge in [0, 0.05) is 29.9 Å². The molecular formula is C24H30N2O. The van der Waals surface area contributed by atoms with Crippen molar-refractivity contribution >= 4 is 11.3 Å². The van der Waals surface area contributed by atoms with E-state index in [2.05, 4.69) is 74.1 Å². The number of para-hydroxylation sites is 1. The first kappa shape index (κ1) is 19.2. The van der Waals surface area contributed by atoms with E-state index in [-0.39, 0.29) is 5.54 Å². The summed E-state index contributed by atoms with van der Waals surface area (Å²) < 4.78 is 5.56. The zero-order chi connectivity index (χ0) is 19.4. The largest absolute Gasteiger partial charge is 0.496 e. The molecule has 0 unspecified atom stereocenters. The minimum Gasteiger partial charge on any atom is -0.496 e. The Labute approximate surface area is 163 Å². The first-order chi connectivity index (χ1) is 12.9. The first-order valence-electron chi connectivity index (χ1n) is 9.50. The molecule has 3 rings (SSSR count). The molecule has 1 aliphatic heterocycles. The molecule has 0 aromatic heterocycles. The molecule has 0 bridgehead atoms. The van der Waals surface area contributed by atoms with E-state index >= 15 is 0 Å². The maximum absolute atomic E-state index is 5.56. The Balaban J connectivity index is 1.97. The van der Waals surface area contributed by atoms with Crippen molar-refractivity contribution in [3.63, 3.8) is 0 Å². The van der Waals surface area contributed by atoms with Crippen LogP contribution in [0.25, 0.3) is 16.7 Å². The molecule has 0 amide bonds. The topological polar surface area (TPSA) is 24.5 Å². The number of hydrogen-bond acceptors (Lipinski definition) is 3. The summed E-state index contributed by atoms with van der Waals surface area (Å²) in [6, 6.07) is 14.8. The Kier molecular flexibility index (Phi) is 5.71. The molecule has 0 saturated carbocycles. The van der Waals surface area contributed by atoms with E-state index in [1.165, 1.54) is 22.4 Å². The maximum atomic E-state index is 5.56. The highest BCUT2D eigenvalue weighted by atomic mass is 16.5. The highest BCUT2D eigenvalue weighted by Gasteiger charge is 2.24. The van der Waals surface area contributed by atoms with E-state index in [9.17, 15) is 0 Å². The predicted molar refractivity (Wildman–Crippen MR) is 116 cm³/mol. The molecule has 0 saturated heterocycles. The Morgan fingerprint density at radius 2 is 1.93 bits per heavy atom. The summed E-state index contributed by atoms with van der Waals surface area (Å²) in [5.74, 6) is 0.901. The molecule has 27 heavy (non-hydrogen) atoms. The van der Waals surface area contributed by atoms with Gasteiger partial charge in [0.05, 0.1) is 12.6 Å². The fraction of sp³-hybridized carbons (Fsp3) is 0.333. The van der Waals surface area contributed by atoms with Crippen LogP contribution in [-0.4, -0.2) is 37.7 Å². The molecule has 0 radical (unpaired) electrons. The molecule has 0 fully saturated rings. The van der Waals surface area contributed by atoms with Gasteiger partial charge in [0.2, 0.25) is 0 Å². The molecule has 0 spiro atoms. The second kappa shape index (κ2) is 8.01. The van der Waals surface area contributed by atoms with Gasteiger partial charge in [-0.3, -0.25) is 0 Å². The molecular weight excluding hydrogens is 332 g/mol. The quantitative estimate of drug-likeness (QED) is 0.662. The summed E-state index contributed by atoms with van der Waals surface area (Å²) in [4.78, 5) is 2.30. The van der Waals surface area contributed by atoms with Gasteiger partial charge in [-0.05, 0) is 56.7 Å². The van der Waals surface area contributed by atoms with Crippen molar-refractivity contribution in [2.75, 3.05) is 32.6 Å². The third kappa shape index (κ3) is 4.42. The lowest BCUT2D eigenvalue weighted by molar-refractivity contribution is 0.380.